The molecule has 1 aliphatic heterocycles. The van der Waals surface area contributed by atoms with E-state index in [0.717, 1.165) is 45.3 Å². The van der Waals surface area contributed by atoms with Crippen molar-refractivity contribution in [1.29, 1.82) is 0 Å². The number of benzene rings is 1. The molecule has 0 amide bonds. The van der Waals surface area contributed by atoms with Crippen LogP contribution in [0.2, 0.25) is 0 Å². The van der Waals surface area contributed by atoms with Gasteiger partial charge in [0.05, 0.1) is 6.10 Å². The third-order valence-corrected chi connectivity index (χ3v) is 3.62. The van der Waals surface area contributed by atoms with Gasteiger partial charge < -0.3 is 9.84 Å². The molecule has 1 unspecified atom stereocenters. The second-order valence-electron chi connectivity index (χ2n) is 4.89. The van der Waals surface area contributed by atoms with Crippen molar-refractivity contribution in [3.8, 4) is 0 Å². The summed E-state index contributed by atoms with van der Waals surface area (Å²) in [7, 11) is 0. The molecule has 1 N–H and O–H groups in total. The first-order valence-electron chi connectivity index (χ1n) is 6.66. The fraction of sp³-hybridized carbons (Fsp3) is 0.600. The van der Waals surface area contributed by atoms with Crippen molar-refractivity contribution in [2.24, 2.45) is 5.92 Å². The Morgan fingerprint density at radius 3 is 2.59 bits per heavy atom. The number of hydrogen-bond donors (Lipinski definition) is 1. The highest BCUT2D eigenvalue weighted by atomic mass is 16.5. The number of aliphatic hydroxyl groups is 1. The Hall–Kier alpha value is -0.860. The van der Waals surface area contributed by atoms with E-state index in [0.29, 0.717) is 5.92 Å². The summed E-state index contributed by atoms with van der Waals surface area (Å²) in [5.74, 6) is 0.458. The number of aliphatic hydroxyl groups excluding tert-OH is 1. The van der Waals surface area contributed by atoms with Crippen LogP contribution >= 0.6 is 0 Å². The van der Waals surface area contributed by atoms with Crippen LogP contribution in [0, 0.1) is 5.92 Å². The Balaban J connectivity index is 1.67. The lowest BCUT2D eigenvalue weighted by atomic mass is 9.90. The molecule has 2 nitrogen and oxygen atoms in total. The van der Waals surface area contributed by atoms with E-state index >= 15 is 0 Å². The zero-order valence-corrected chi connectivity index (χ0v) is 10.3. The maximum atomic E-state index is 10.1. The van der Waals surface area contributed by atoms with Crippen LogP contribution in [-0.2, 0) is 11.2 Å². The van der Waals surface area contributed by atoms with Crippen LogP contribution in [0.25, 0.3) is 0 Å². The predicted octanol–water partition coefficient (Wildman–Crippen LogP) is 2.80. The third kappa shape index (κ3) is 4.14. The van der Waals surface area contributed by atoms with Crippen LogP contribution in [0.15, 0.2) is 30.3 Å². The summed E-state index contributed by atoms with van der Waals surface area (Å²) in [5.41, 5.74) is 1.37. The second kappa shape index (κ2) is 6.77. The molecule has 0 bridgehead atoms. The lowest BCUT2D eigenvalue weighted by molar-refractivity contribution is 0.00435. The highest BCUT2D eigenvalue weighted by Gasteiger charge is 2.21. The van der Waals surface area contributed by atoms with Gasteiger partial charge in [0.2, 0.25) is 0 Å². The predicted molar refractivity (Wildman–Crippen MR) is 68.9 cm³/mol. The SMILES string of the molecule is OC(CCCc1ccccc1)C1CCOCC1. The Morgan fingerprint density at radius 2 is 1.88 bits per heavy atom. The van der Waals surface area contributed by atoms with Crippen molar-refractivity contribution in [2.75, 3.05) is 13.2 Å². The van der Waals surface area contributed by atoms with Gasteiger partial charge in [-0.3, -0.25) is 0 Å². The second-order valence-corrected chi connectivity index (χ2v) is 4.89. The van der Waals surface area contributed by atoms with E-state index < -0.39 is 0 Å². The Labute approximate surface area is 104 Å². The van der Waals surface area contributed by atoms with Crippen LogP contribution in [0.5, 0.6) is 0 Å². The number of ether oxygens (including phenoxy) is 1. The van der Waals surface area contributed by atoms with E-state index in [1.807, 2.05) is 6.07 Å². The third-order valence-electron chi connectivity index (χ3n) is 3.62. The van der Waals surface area contributed by atoms with Gasteiger partial charge in [-0.15, -0.1) is 0 Å². The highest BCUT2D eigenvalue weighted by molar-refractivity contribution is 5.14. The summed E-state index contributed by atoms with van der Waals surface area (Å²) in [4.78, 5) is 0. The van der Waals surface area contributed by atoms with Crippen LogP contribution in [0.1, 0.15) is 31.2 Å². The minimum Gasteiger partial charge on any atom is -0.393 e. The van der Waals surface area contributed by atoms with Gasteiger partial charge in [-0.05, 0) is 43.6 Å². The van der Waals surface area contributed by atoms with Gasteiger partial charge in [0.25, 0.3) is 0 Å². The number of rotatable bonds is 5. The van der Waals surface area contributed by atoms with Crippen molar-refractivity contribution in [1.82, 2.24) is 0 Å². The van der Waals surface area contributed by atoms with E-state index in [-0.39, 0.29) is 6.10 Å². The zero-order chi connectivity index (χ0) is 11.9. The van der Waals surface area contributed by atoms with E-state index in [1.165, 1.54) is 5.56 Å². The fourth-order valence-electron chi connectivity index (χ4n) is 2.50. The fourth-order valence-corrected chi connectivity index (χ4v) is 2.50. The molecule has 1 aromatic carbocycles. The average molecular weight is 234 g/mol. The van der Waals surface area contributed by atoms with Crippen molar-refractivity contribution in [2.45, 2.75) is 38.2 Å². The smallest absolute Gasteiger partial charge is 0.0570 e. The molecule has 0 aliphatic carbocycles. The Morgan fingerprint density at radius 1 is 1.18 bits per heavy atom. The number of hydrogen-bond acceptors (Lipinski definition) is 2. The molecule has 1 heterocycles. The monoisotopic (exact) mass is 234 g/mol. The summed E-state index contributed by atoms with van der Waals surface area (Å²) in [6.45, 7) is 1.64. The standard InChI is InChI=1S/C15H22O2/c16-15(14-9-11-17-12-10-14)8-4-7-13-5-2-1-3-6-13/h1-3,5-6,14-16H,4,7-12H2. The maximum Gasteiger partial charge on any atom is 0.0570 e. The molecule has 0 aromatic heterocycles. The van der Waals surface area contributed by atoms with Crippen LogP contribution in [-0.4, -0.2) is 24.4 Å². The van der Waals surface area contributed by atoms with E-state index in [9.17, 15) is 5.11 Å². The zero-order valence-electron chi connectivity index (χ0n) is 10.3. The molecular formula is C15H22O2. The van der Waals surface area contributed by atoms with Gasteiger partial charge in [-0.1, -0.05) is 30.3 Å². The van der Waals surface area contributed by atoms with Crippen LogP contribution < -0.4 is 0 Å². The first-order chi connectivity index (χ1) is 8.36. The van der Waals surface area contributed by atoms with Crippen molar-refractivity contribution in [3.63, 3.8) is 0 Å². The largest absolute Gasteiger partial charge is 0.393 e. The molecule has 0 saturated carbocycles. The minimum atomic E-state index is -0.136. The van der Waals surface area contributed by atoms with Crippen molar-refractivity contribution in [3.05, 3.63) is 35.9 Å². The normalized spacial score (nSPS) is 19.1. The topological polar surface area (TPSA) is 29.5 Å². The van der Waals surface area contributed by atoms with Gasteiger partial charge in [-0.2, -0.15) is 0 Å². The molecule has 1 aromatic rings. The molecule has 0 spiro atoms. The molecule has 2 heteroatoms. The maximum absolute atomic E-state index is 10.1. The molecule has 94 valence electrons. The summed E-state index contributed by atoms with van der Waals surface area (Å²) < 4.78 is 5.31. The van der Waals surface area contributed by atoms with Crippen molar-refractivity contribution >= 4 is 0 Å². The first kappa shape index (κ1) is 12.6. The molecule has 0 radical (unpaired) electrons. The van der Waals surface area contributed by atoms with Gasteiger partial charge in [0, 0.05) is 13.2 Å². The minimum absolute atomic E-state index is 0.136. The summed E-state index contributed by atoms with van der Waals surface area (Å²) >= 11 is 0. The number of aryl methyl sites for hydroxylation is 1. The van der Waals surface area contributed by atoms with Crippen molar-refractivity contribution < 1.29 is 9.84 Å². The molecule has 1 atom stereocenters. The van der Waals surface area contributed by atoms with Gasteiger partial charge in [-0.25, -0.2) is 0 Å². The van der Waals surface area contributed by atoms with Gasteiger partial charge in [0.15, 0.2) is 0 Å². The molecule has 2 rings (SSSR count). The lowest BCUT2D eigenvalue weighted by Gasteiger charge is -2.26. The van der Waals surface area contributed by atoms with Gasteiger partial charge in [0.1, 0.15) is 0 Å². The van der Waals surface area contributed by atoms with E-state index in [2.05, 4.69) is 24.3 Å². The summed E-state index contributed by atoms with van der Waals surface area (Å²) in [5, 5.41) is 10.1. The Kier molecular flexibility index (Phi) is 5.02. The van der Waals surface area contributed by atoms with Crippen LogP contribution in [0.4, 0.5) is 0 Å². The summed E-state index contributed by atoms with van der Waals surface area (Å²) in [6.07, 6.45) is 4.96. The highest BCUT2D eigenvalue weighted by Crippen LogP contribution is 2.22. The van der Waals surface area contributed by atoms with E-state index in [1.54, 1.807) is 0 Å². The summed E-state index contributed by atoms with van der Waals surface area (Å²) in [6, 6.07) is 10.5. The Bertz CT molecular complexity index is 304. The molecule has 1 fully saturated rings. The van der Waals surface area contributed by atoms with E-state index in [4.69, 9.17) is 4.74 Å². The molecular weight excluding hydrogens is 212 g/mol. The van der Waals surface area contributed by atoms with Gasteiger partial charge >= 0.3 is 0 Å². The molecule has 17 heavy (non-hydrogen) atoms. The quantitative estimate of drug-likeness (QED) is 0.849. The molecule has 1 saturated heterocycles. The van der Waals surface area contributed by atoms with Crippen LogP contribution in [0.3, 0.4) is 0 Å². The average Bonchev–Trinajstić information content (AvgIpc) is 2.41. The molecule has 1 aliphatic rings. The lowest BCUT2D eigenvalue weighted by Crippen LogP contribution is -2.27. The first-order valence-corrected chi connectivity index (χ1v) is 6.66.